The Bertz CT molecular complexity index is 844. The summed E-state index contributed by atoms with van der Waals surface area (Å²) in [5.74, 6) is -0.593. The molecule has 52 heavy (non-hydrogen) atoms. The highest BCUT2D eigenvalue weighted by atomic mass is 16.7. The predicted octanol–water partition coefficient (Wildman–Crippen LogP) is 7.14. The lowest BCUT2D eigenvalue weighted by Gasteiger charge is -2.40. The fourth-order valence-electron chi connectivity index (χ4n) is 6.87. The van der Waals surface area contributed by atoms with E-state index in [0.717, 1.165) is 51.4 Å². The van der Waals surface area contributed by atoms with Gasteiger partial charge in [-0.2, -0.15) is 0 Å². The highest BCUT2D eigenvalue weighted by molar-refractivity contribution is 5.80. The molecule has 1 rings (SSSR count). The maximum Gasteiger partial charge on any atom is 0.249 e. The van der Waals surface area contributed by atoms with Crippen LogP contribution < -0.4 is 5.32 Å². The fraction of sp³-hybridized carbons (Fsp3) is 0.929. The van der Waals surface area contributed by atoms with Gasteiger partial charge in [-0.1, -0.05) is 161 Å². The molecule has 8 atom stereocenters. The van der Waals surface area contributed by atoms with Crippen LogP contribution in [0.15, 0.2) is 12.2 Å². The Labute approximate surface area is 317 Å². The average molecular weight is 744 g/mol. The maximum absolute atomic E-state index is 13.0. The second-order valence-electron chi connectivity index (χ2n) is 15.3. The van der Waals surface area contributed by atoms with Gasteiger partial charge < -0.3 is 45.4 Å². The van der Waals surface area contributed by atoms with Gasteiger partial charge in [0.15, 0.2) is 6.29 Å². The first-order chi connectivity index (χ1) is 25.3. The standard InChI is InChI=1S/C42H81NO9/c1-3-5-7-9-11-13-15-17-19-21-23-25-27-29-31-36(46)41(50)43-34(33-51-42-40(49)39(48)38(47)37(32-44)52-42)35(45)30-28-26-24-22-20-18-16-14-12-10-8-6-4-2/h20,22,34-40,42,44-49H,3-19,21,23-33H2,1-2H3,(H,43,50)/b22-20-/t34-,35+,36+,37+,38+,39-,40+,42+/m0/s1. The minimum Gasteiger partial charge on any atom is -0.394 e. The molecule has 0 radical (unpaired) electrons. The molecule has 10 nitrogen and oxygen atoms in total. The molecular formula is C42H81NO9. The topological polar surface area (TPSA) is 169 Å². The van der Waals surface area contributed by atoms with Gasteiger partial charge in [0, 0.05) is 0 Å². The predicted molar refractivity (Wildman–Crippen MR) is 209 cm³/mol. The Morgan fingerprint density at radius 3 is 1.58 bits per heavy atom. The third-order valence-electron chi connectivity index (χ3n) is 10.5. The van der Waals surface area contributed by atoms with Crippen molar-refractivity contribution in [2.24, 2.45) is 0 Å². The third kappa shape index (κ3) is 23.6. The summed E-state index contributed by atoms with van der Waals surface area (Å²) in [4.78, 5) is 13.0. The van der Waals surface area contributed by atoms with E-state index in [-0.39, 0.29) is 6.61 Å². The number of allylic oxidation sites excluding steroid dienone is 2. The molecule has 10 heteroatoms. The summed E-state index contributed by atoms with van der Waals surface area (Å²) < 4.78 is 11.1. The summed E-state index contributed by atoms with van der Waals surface area (Å²) in [6, 6.07) is -0.904. The number of aliphatic hydroxyl groups excluding tert-OH is 6. The summed E-state index contributed by atoms with van der Waals surface area (Å²) in [6.07, 6.45) is 25.5. The Balaban J connectivity index is 2.45. The monoisotopic (exact) mass is 744 g/mol. The molecule has 0 unspecified atom stereocenters. The van der Waals surface area contributed by atoms with Gasteiger partial charge in [-0.15, -0.1) is 0 Å². The highest BCUT2D eigenvalue weighted by Crippen LogP contribution is 2.23. The van der Waals surface area contributed by atoms with E-state index in [9.17, 15) is 35.4 Å². The lowest BCUT2D eigenvalue weighted by atomic mass is 9.99. The molecule has 0 aromatic carbocycles. The first kappa shape index (κ1) is 48.9. The van der Waals surface area contributed by atoms with Crippen molar-refractivity contribution in [2.75, 3.05) is 13.2 Å². The molecule has 0 bridgehead atoms. The number of aliphatic hydroxyl groups is 6. The van der Waals surface area contributed by atoms with Crippen LogP contribution in [0.3, 0.4) is 0 Å². The smallest absolute Gasteiger partial charge is 0.249 e. The number of hydrogen-bond donors (Lipinski definition) is 7. The highest BCUT2D eigenvalue weighted by Gasteiger charge is 2.44. The first-order valence-corrected chi connectivity index (χ1v) is 21.5. The lowest BCUT2D eigenvalue weighted by molar-refractivity contribution is -0.302. The van der Waals surface area contributed by atoms with E-state index < -0.39 is 61.5 Å². The number of ether oxygens (including phenoxy) is 2. The van der Waals surface area contributed by atoms with Crippen LogP contribution in [0.5, 0.6) is 0 Å². The molecule has 0 spiro atoms. The van der Waals surface area contributed by atoms with Gasteiger partial charge in [0.1, 0.15) is 30.5 Å². The zero-order valence-electron chi connectivity index (χ0n) is 33.2. The van der Waals surface area contributed by atoms with Gasteiger partial charge in [-0.25, -0.2) is 0 Å². The molecule has 0 aromatic heterocycles. The van der Waals surface area contributed by atoms with Crippen LogP contribution in [0.1, 0.15) is 187 Å². The van der Waals surface area contributed by atoms with Crippen LogP contribution in [0.2, 0.25) is 0 Å². The van der Waals surface area contributed by atoms with Crippen molar-refractivity contribution >= 4 is 5.91 Å². The Hall–Kier alpha value is -1.11. The summed E-state index contributed by atoms with van der Waals surface area (Å²) in [5.41, 5.74) is 0. The van der Waals surface area contributed by atoms with Gasteiger partial charge in [-0.3, -0.25) is 4.79 Å². The molecule has 1 heterocycles. The van der Waals surface area contributed by atoms with E-state index in [1.807, 2.05) is 0 Å². The molecule has 308 valence electrons. The molecular weight excluding hydrogens is 662 g/mol. The number of hydrogen-bond acceptors (Lipinski definition) is 9. The van der Waals surface area contributed by atoms with Crippen molar-refractivity contribution in [3.8, 4) is 0 Å². The second-order valence-corrected chi connectivity index (χ2v) is 15.3. The molecule has 1 amide bonds. The molecule has 1 aliphatic rings. The molecule has 0 aliphatic carbocycles. The number of nitrogens with one attached hydrogen (secondary N) is 1. The summed E-state index contributed by atoms with van der Waals surface area (Å²) in [7, 11) is 0. The van der Waals surface area contributed by atoms with Crippen molar-refractivity contribution in [3.05, 3.63) is 12.2 Å². The van der Waals surface area contributed by atoms with E-state index in [1.165, 1.54) is 109 Å². The largest absolute Gasteiger partial charge is 0.394 e. The molecule has 1 aliphatic heterocycles. The van der Waals surface area contributed by atoms with Gasteiger partial charge >= 0.3 is 0 Å². The lowest BCUT2D eigenvalue weighted by Crippen LogP contribution is -2.60. The molecule has 1 fully saturated rings. The molecule has 0 aromatic rings. The SMILES string of the molecule is CCCCCCCCC/C=C\CCCC[C@@H](O)[C@H](CO[C@@H]1O[C@H](CO)[C@@H](O)[C@H](O)[C@H]1O)NC(=O)[C@H](O)CCCCCCCCCCCCCCCC. The van der Waals surface area contributed by atoms with E-state index >= 15 is 0 Å². The maximum atomic E-state index is 13.0. The van der Waals surface area contributed by atoms with Gasteiger partial charge in [0.2, 0.25) is 5.91 Å². The van der Waals surface area contributed by atoms with Crippen LogP contribution >= 0.6 is 0 Å². The molecule has 1 saturated heterocycles. The minimum atomic E-state index is -1.60. The third-order valence-corrected chi connectivity index (χ3v) is 10.5. The number of carbonyl (C=O) groups excluding carboxylic acids is 1. The van der Waals surface area contributed by atoms with Gasteiger partial charge in [0.05, 0.1) is 25.4 Å². The van der Waals surface area contributed by atoms with Crippen molar-refractivity contribution in [3.63, 3.8) is 0 Å². The second kappa shape index (κ2) is 33.2. The van der Waals surface area contributed by atoms with Crippen LogP contribution in [0.4, 0.5) is 0 Å². The normalized spacial score (nSPS) is 22.5. The zero-order valence-corrected chi connectivity index (χ0v) is 33.2. The van der Waals surface area contributed by atoms with Crippen molar-refractivity contribution in [2.45, 2.75) is 236 Å². The van der Waals surface area contributed by atoms with E-state index in [2.05, 4.69) is 31.3 Å². The number of amides is 1. The van der Waals surface area contributed by atoms with E-state index in [4.69, 9.17) is 9.47 Å². The summed E-state index contributed by atoms with van der Waals surface area (Å²) >= 11 is 0. The van der Waals surface area contributed by atoms with Crippen LogP contribution in [0, 0.1) is 0 Å². The summed E-state index contributed by atoms with van der Waals surface area (Å²) in [6.45, 7) is 3.63. The quantitative estimate of drug-likeness (QED) is 0.0264. The molecule has 0 saturated carbocycles. The van der Waals surface area contributed by atoms with Crippen molar-refractivity contribution in [1.82, 2.24) is 5.32 Å². The fourth-order valence-corrected chi connectivity index (χ4v) is 6.87. The Kier molecular flexibility index (Phi) is 31.3. The zero-order chi connectivity index (χ0) is 38.2. The Morgan fingerprint density at radius 1 is 0.635 bits per heavy atom. The van der Waals surface area contributed by atoms with E-state index in [1.54, 1.807) is 0 Å². The van der Waals surface area contributed by atoms with Crippen LogP contribution in [0.25, 0.3) is 0 Å². The number of unbranched alkanes of at least 4 members (excludes halogenated alkanes) is 22. The van der Waals surface area contributed by atoms with Gasteiger partial charge in [-0.05, 0) is 38.5 Å². The van der Waals surface area contributed by atoms with Crippen molar-refractivity contribution in [1.29, 1.82) is 0 Å². The van der Waals surface area contributed by atoms with Crippen LogP contribution in [-0.4, -0.2) is 98.7 Å². The first-order valence-electron chi connectivity index (χ1n) is 21.5. The van der Waals surface area contributed by atoms with Gasteiger partial charge in [0.25, 0.3) is 0 Å². The van der Waals surface area contributed by atoms with Crippen LogP contribution in [-0.2, 0) is 14.3 Å². The molecule has 7 N–H and O–H groups in total. The number of carbonyl (C=O) groups is 1. The average Bonchev–Trinajstić information content (AvgIpc) is 3.14. The van der Waals surface area contributed by atoms with Crippen molar-refractivity contribution < 1.29 is 44.9 Å². The number of rotatable bonds is 35. The minimum absolute atomic E-state index is 0.264. The summed E-state index contributed by atoms with van der Waals surface area (Å²) in [5, 5.41) is 64.6. The Morgan fingerprint density at radius 2 is 1.08 bits per heavy atom. The van der Waals surface area contributed by atoms with E-state index in [0.29, 0.717) is 12.8 Å².